The van der Waals surface area contributed by atoms with Gasteiger partial charge in [-0.1, -0.05) is 0 Å². The van der Waals surface area contributed by atoms with E-state index in [0.717, 1.165) is 0 Å². The van der Waals surface area contributed by atoms with Crippen LogP contribution in [0, 0.1) is 6.92 Å². The Morgan fingerprint density at radius 2 is 2.27 bits per heavy atom. The molecule has 0 radical (unpaired) electrons. The number of methoxy groups -OCH3 is 1. The maximum absolute atomic E-state index is 9.17. The van der Waals surface area contributed by atoms with Gasteiger partial charge in [-0.3, -0.25) is 0 Å². The molecule has 0 amide bonds. The summed E-state index contributed by atoms with van der Waals surface area (Å²) >= 11 is 3.19. The number of hydrogen-bond acceptors (Lipinski definition) is 3. The summed E-state index contributed by atoms with van der Waals surface area (Å²) < 4.78 is 5.57. The Labute approximate surface area is 73.2 Å². The van der Waals surface area contributed by atoms with E-state index in [9.17, 15) is 5.11 Å². The lowest BCUT2D eigenvalue weighted by Crippen LogP contribution is -1.91. The van der Waals surface area contributed by atoms with Crippen LogP contribution in [0.5, 0.6) is 11.6 Å². The highest BCUT2D eigenvalue weighted by molar-refractivity contribution is 9.10. The third-order valence-corrected chi connectivity index (χ3v) is 1.87. The van der Waals surface area contributed by atoms with Crippen molar-refractivity contribution in [3.8, 4) is 11.6 Å². The zero-order chi connectivity index (χ0) is 8.43. The number of aromatic nitrogens is 1. The molecule has 11 heavy (non-hydrogen) atoms. The van der Waals surface area contributed by atoms with Crippen LogP contribution < -0.4 is 4.74 Å². The van der Waals surface area contributed by atoms with Crippen molar-refractivity contribution in [3.05, 3.63) is 16.2 Å². The summed E-state index contributed by atoms with van der Waals surface area (Å²) in [5, 5.41) is 9.17. The lowest BCUT2D eigenvalue weighted by molar-refractivity contribution is 0.389. The molecule has 1 aromatic rings. The molecule has 0 bridgehead atoms. The van der Waals surface area contributed by atoms with Gasteiger partial charge in [-0.25, -0.2) is 4.98 Å². The van der Waals surface area contributed by atoms with Crippen LogP contribution in [0.25, 0.3) is 0 Å². The van der Waals surface area contributed by atoms with Crippen LogP contribution in [0.15, 0.2) is 10.5 Å². The van der Waals surface area contributed by atoms with Gasteiger partial charge in [0.2, 0.25) is 5.88 Å². The summed E-state index contributed by atoms with van der Waals surface area (Å²) in [5.41, 5.74) is 0.560. The van der Waals surface area contributed by atoms with Gasteiger partial charge in [-0.15, -0.1) is 0 Å². The molecule has 0 aromatic carbocycles. The highest BCUT2D eigenvalue weighted by Crippen LogP contribution is 2.27. The van der Waals surface area contributed by atoms with Gasteiger partial charge >= 0.3 is 0 Å². The van der Waals surface area contributed by atoms with Gasteiger partial charge in [0.1, 0.15) is 5.75 Å². The molecule has 0 fully saturated rings. The van der Waals surface area contributed by atoms with Crippen LogP contribution in [0.1, 0.15) is 5.69 Å². The molecule has 0 spiro atoms. The molecule has 60 valence electrons. The van der Waals surface area contributed by atoms with Gasteiger partial charge in [-0.05, 0) is 22.9 Å². The number of aromatic hydroxyl groups is 1. The standard InChI is InChI=1S/C7H8BrNO2/c1-4-6(10)3-5(8)7(9-4)11-2/h3,10H,1-2H3. The first-order valence-electron chi connectivity index (χ1n) is 3.05. The minimum atomic E-state index is 0.165. The Balaban J connectivity index is 3.21. The second-order valence-electron chi connectivity index (χ2n) is 2.08. The summed E-state index contributed by atoms with van der Waals surface area (Å²) in [6, 6.07) is 1.56. The Kier molecular flexibility index (Phi) is 2.34. The zero-order valence-corrected chi connectivity index (χ0v) is 7.84. The second-order valence-corrected chi connectivity index (χ2v) is 2.94. The van der Waals surface area contributed by atoms with Crippen LogP contribution in [0.2, 0.25) is 0 Å². The molecule has 0 aliphatic rings. The van der Waals surface area contributed by atoms with Gasteiger partial charge in [0.15, 0.2) is 0 Å². The minimum Gasteiger partial charge on any atom is -0.506 e. The number of hydrogen-bond donors (Lipinski definition) is 1. The van der Waals surface area contributed by atoms with Crippen LogP contribution in [-0.4, -0.2) is 17.2 Å². The van der Waals surface area contributed by atoms with E-state index < -0.39 is 0 Å². The SMILES string of the molecule is COc1nc(C)c(O)cc1Br. The van der Waals surface area contributed by atoms with Crippen molar-refractivity contribution in [3.63, 3.8) is 0 Å². The molecule has 4 heteroatoms. The fourth-order valence-electron chi connectivity index (χ4n) is 0.692. The average Bonchev–Trinajstić information content (AvgIpc) is 1.97. The van der Waals surface area contributed by atoms with Crippen LogP contribution in [-0.2, 0) is 0 Å². The van der Waals surface area contributed by atoms with Crippen LogP contribution in [0.3, 0.4) is 0 Å². The topological polar surface area (TPSA) is 42.4 Å². The Morgan fingerprint density at radius 1 is 1.64 bits per heavy atom. The van der Waals surface area contributed by atoms with Gasteiger partial charge in [0, 0.05) is 6.07 Å². The predicted molar refractivity (Wildman–Crippen MR) is 44.9 cm³/mol. The number of rotatable bonds is 1. The first-order valence-corrected chi connectivity index (χ1v) is 3.84. The molecular formula is C7H8BrNO2. The van der Waals surface area contributed by atoms with Crippen molar-refractivity contribution in [1.82, 2.24) is 4.98 Å². The number of ether oxygens (including phenoxy) is 1. The van der Waals surface area contributed by atoms with Crippen molar-refractivity contribution >= 4 is 15.9 Å². The minimum absolute atomic E-state index is 0.165. The van der Waals surface area contributed by atoms with E-state index in [0.29, 0.717) is 16.0 Å². The molecule has 0 unspecified atom stereocenters. The molecule has 1 heterocycles. The van der Waals surface area contributed by atoms with E-state index in [-0.39, 0.29) is 5.75 Å². The lowest BCUT2D eigenvalue weighted by atomic mass is 10.3. The first kappa shape index (κ1) is 8.33. The maximum atomic E-state index is 9.17. The van der Waals surface area contributed by atoms with E-state index in [4.69, 9.17) is 4.74 Å². The monoisotopic (exact) mass is 217 g/mol. The van der Waals surface area contributed by atoms with Gasteiger partial charge < -0.3 is 9.84 Å². The summed E-state index contributed by atoms with van der Waals surface area (Å²) in [7, 11) is 1.53. The number of aryl methyl sites for hydroxylation is 1. The number of nitrogens with zero attached hydrogens (tertiary/aromatic N) is 1. The molecule has 3 nitrogen and oxygen atoms in total. The molecule has 1 N–H and O–H groups in total. The summed E-state index contributed by atoms with van der Waals surface area (Å²) in [6.07, 6.45) is 0. The number of halogens is 1. The maximum Gasteiger partial charge on any atom is 0.228 e. The molecule has 1 rings (SSSR count). The summed E-state index contributed by atoms with van der Waals surface area (Å²) in [4.78, 5) is 3.97. The quantitative estimate of drug-likeness (QED) is 0.782. The van der Waals surface area contributed by atoms with Gasteiger partial charge in [0.25, 0.3) is 0 Å². The zero-order valence-electron chi connectivity index (χ0n) is 6.26. The average molecular weight is 218 g/mol. The Bertz CT molecular complexity index is 275. The molecule has 1 aromatic heterocycles. The first-order chi connectivity index (χ1) is 5.15. The number of pyridine rings is 1. The van der Waals surface area contributed by atoms with Gasteiger partial charge in [0.05, 0.1) is 17.3 Å². The molecule has 0 saturated heterocycles. The fourth-order valence-corrected chi connectivity index (χ4v) is 1.16. The fraction of sp³-hybridized carbons (Fsp3) is 0.286. The molecule has 0 aliphatic carbocycles. The molecule has 0 aliphatic heterocycles. The summed E-state index contributed by atoms with van der Waals surface area (Å²) in [5.74, 6) is 0.651. The molecular weight excluding hydrogens is 210 g/mol. The third kappa shape index (κ3) is 1.63. The molecule has 0 atom stereocenters. The lowest BCUT2D eigenvalue weighted by Gasteiger charge is -2.03. The smallest absolute Gasteiger partial charge is 0.228 e. The van der Waals surface area contributed by atoms with E-state index in [1.165, 1.54) is 7.11 Å². The highest BCUT2D eigenvalue weighted by atomic mass is 79.9. The van der Waals surface area contributed by atoms with Crippen molar-refractivity contribution < 1.29 is 9.84 Å². The van der Waals surface area contributed by atoms with Crippen molar-refractivity contribution in [2.24, 2.45) is 0 Å². The largest absolute Gasteiger partial charge is 0.506 e. The van der Waals surface area contributed by atoms with Crippen LogP contribution >= 0.6 is 15.9 Å². The van der Waals surface area contributed by atoms with Crippen molar-refractivity contribution in [1.29, 1.82) is 0 Å². The predicted octanol–water partition coefficient (Wildman–Crippen LogP) is 1.87. The molecule has 0 saturated carbocycles. The van der Waals surface area contributed by atoms with Crippen LogP contribution in [0.4, 0.5) is 0 Å². The Hall–Kier alpha value is -0.770. The third-order valence-electron chi connectivity index (χ3n) is 1.30. The van der Waals surface area contributed by atoms with E-state index in [2.05, 4.69) is 20.9 Å². The van der Waals surface area contributed by atoms with Crippen molar-refractivity contribution in [2.45, 2.75) is 6.92 Å². The second kappa shape index (κ2) is 3.09. The van der Waals surface area contributed by atoms with E-state index >= 15 is 0 Å². The van der Waals surface area contributed by atoms with Crippen molar-refractivity contribution in [2.75, 3.05) is 7.11 Å². The van der Waals surface area contributed by atoms with E-state index in [1.54, 1.807) is 13.0 Å². The van der Waals surface area contributed by atoms with E-state index in [1.807, 2.05) is 0 Å². The van der Waals surface area contributed by atoms with Gasteiger partial charge in [-0.2, -0.15) is 0 Å². The highest BCUT2D eigenvalue weighted by Gasteiger charge is 2.05. The summed E-state index contributed by atoms with van der Waals surface area (Å²) in [6.45, 7) is 1.71. The normalized spacial score (nSPS) is 9.73. The Morgan fingerprint density at radius 3 is 2.82 bits per heavy atom.